The molecule has 0 bridgehead atoms. The minimum absolute atomic E-state index is 0.680. The fourth-order valence-corrected chi connectivity index (χ4v) is 1.31. The van der Waals surface area contributed by atoms with E-state index in [1.807, 2.05) is 0 Å². The van der Waals surface area contributed by atoms with Crippen LogP contribution in [0, 0.1) is 5.82 Å². The molecule has 0 saturated carbocycles. The second kappa shape index (κ2) is 5.20. The van der Waals surface area contributed by atoms with Gasteiger partial charge in [-0.3, -0.25) is 4.79 Å². The van der Waals surface area contributed by atoms with Crippen LogP contribution in [0.3, 0.4) is 0 Å². The number of rotatable bonds is 3. The molecule has 0 spiro atoms. The summed E-state index contributed by atoms with van der Waals surface area (Å²) in [4.78, 5) is 13.0. The molecule has 0 amide bonds. The topological polar surface area (TPSA) is 20.3 Å². The molecular weight excluding hydrogens is 250 g/mol. The lowest BCUT2D eigenvalue weighted by atomic mass is 10.0. The number of hydrogen-bond acceptors (Lipinski definition) is 2. The van der Waals surface area contributed by atoms with Crippen molar-refractivity contribution in [3.05, 3.63) is 47.4 Å². The molecule has 18 heavy (non-hydrogen) atoms. The summed E-state index contributed by atoms with van der Waals surface area (Å²) in [5.41, 5.74) is -2.22. The maximum atomic E-state index is 13.4. The second-order valence-electron chi connectivity index (χ2n) is 3.80. The summed E-state index contributed by atoms with van der Waals surface area (Å²) in [5.74, 6) is -2.20. The highest BCUT2D eigenvalue weighted by Gasteiger charge is 2.36. The zero-order chi connectivity index (χ0) is 13.9. The predicted octanol–water partition coefficient (Wildman–Crippen LogP) is 3.10. The molecule has 1 aromatic rings. The van der Waals surface area contributed by atoms with Crippen molar-refractivity contribution in [1.82, 2.24) is 4.90 Å². The second-order valence-corrected chi connectivity index (χ2v) is 3.80. The van der Waals surface area contributed by atoms with Crippen LogP contribution in [-0.4, -0.2) is 24.8 Å². The Bertz CT molecular complexity index is 477. The minimum atomic E-state index is -4.76. The standard InChI is InChI=1S/C12H11F4NO/c1-17(2)7-6-10(18)11-8(12(14,15)16)4-3-5-9(11)13/h3-7H,1-2H3. The van der Waals surface area contributed by atoms with Gasteiger partial charge in [0.25, 0.3) is 0 Å². The predicted molar refractivity (Wildman–Crippen MR) is 58.6 cm³/mol. The van der Waals surface area contributed by atoms with Crippen molar-refractivity contribution >= 4 is 5.78 Å². The monoisotopic (exact) mass is 261 g/mol. The summed E-state index contributed by atoms with van der Waals surface area (Å²) >= 11 is 0. The molecule has 2 nitrogen and oxygen atoms in total. The highest BCUT2D eigenvalue weighted by Crippen LogP contribution is 2.33. The zero-order valence-electron chi connectivity index (χ0n) is 9.75. The molecule has 0 aliphatic heterocycles. The van der Waals surface area contributed by atoms with Crippen LogP contribution in [0.1, 0.15) is 15.9 Å². The Balaban J connectivity index is 3.27. The van der Waals surface area contributed by atoms with E-state index in [1.165, 1.54) is 11.1 Å². The van der Waals surface area contributed by atoms with Gasteiger partial charge in [0.1, 0.15) is 5.82 Å². The lowest BCUT2D eigenvalue weighted by Crippen LogP contribution is -2.14. The van der Waals surface area contributed by atoms with Crippen LogP contribution in [0.2, 0.25) is 0 Å². The lowest BCUT2D eigenvalue weighted by molar-refractivity contribution is -0.138. The number of allylic oxidation sites excluding steroid dienone is 1. The molecule has 0 fully saturated rings. The van der Waals surface area contributed by atoms with Crippen LogP contribution >= 0.6 is 0 Å². The molecule has 0 aliphatic rings. The van der Waals surface area contributed by atoms with Gasteiger partial charge in [0.15, 0.2) is 5.78 Å². The van der Waals surface area contributed by atoms with Gasteiger partial charge in [-0.25, -0.2) is 4.39 Å². The van der Waals surface area contributed by atoms with Gasteiger partial charge in [0.2, 0.25) is 0 Å². The zero-order valence-corrected chi connectivity index (χ0v) is 9.75. The molecule has 0 radical (unpaired) electrons. The maximum Gasteiger partial charge on any atom is 0.417 e. The van der Waals surface area contributed by atoms with Crippen LogP contribution in [0.15, 0.2) is 30.5 Å². The first-order valence-electron chi connectivity index (χ1n) is 4.98. The Hall–Kier alpha value is -1.85. The van der Waals surface area contributed by atoms with Gasteiger partial charge in [-0.2, -0.15) is 13.2 Å². The van der Waals surface area contributed by atoms with E-state index in [0.29, 0.717) is 6.07 Å². The number of hydrogen-bond donors (Lipinski definition) is 0. The van der Waals surface area contributed by atoms with Gasteiger partial charge in [-0.1, -0.05) is 6.07 Å². The van der Waals surface area contributed by atoms with E-state index in [1.54, 1.807) is 14.1 Å². The minimum Gasteiger partial charge on any atom is -0.383 e. The summed E-state index contributed by atoms with van der Waals surface area (Å²) in [7, 11) is 3.19. The molecule has 0 aromatic heterocycles. The third-order valence-electron chi connectivity index (χ3n) is 2.09. The van der Waals surface area contributed by atoms with Gasteiger partial charge >= 0.3 is 6.18 Å². The molecule has 6 heteroatoms. The van der Waals surface area contributed by atoms with Gasteiger partial charge in [-0.05, 0) is 12.1 Å². The highest BCUT2D eigenvalue weighted by molar-refractivity contribution is 6.05. The average molecular weight is 261 g/mol. The van der Waals surface area contributed by atoms with Crippen molar-refractivity contribution in [3.63, 3.8) is 0 Å². The van der Waals surface area contributed by atoms with E-state index in [2.05, 4.69) is 0 Å². The van der Waals surface area contributed by atoms with Crippen molar-refractivity contribution in [2.75, 3.05) is 14.1 Å². The van der Waals surface area contributed by atoms with E-state index in [0.717, 1.165) is 18.2 Å². The fraction of sp³-hybridized carbons (Fsp3) is 0.250. The Morgan fingerprint density at radius 2 is 1.89 bits per heavy atom. The third kappa shape index (κ3) is 3.32. The average Bonchev–Trinajstić information content (AvgIpc) is 2.24. The number of ketones is 1. The van der Waals surface area contributed by atoms with Crippen LogP contribution in [0.25, 0.3) is 0 Å². The van der Waals surface area contributed by atoms with Crippen molar-refractivity contribution < 1.29 is 22.4 Å². The molecule has 98 valence electrons. The molecule has 1 aromatic carbocycles. The van der Waals surface area contributed by atoms with E-state index in [4.69, 9.17) is 0 Å². The van der Waals surface area contributed by atoms with Crippen molar-refractivity contribution in [1.29, 1.82) is 0 Å². The van der Waals surface area contributed by atoms with Gasteiger partial charge < -0.3 is 4.90 Å². The Kier molecular flexibility index (Phi) is 4.11. The first-order chi connectivity index (χ1) is 8.23. The summed E-state index contributed by atoms with van der Waals surface area (Å²) < 4.78 is 51.3. The molecule has 0 N–H and O–H groups in total. The number of alkyl halides is 3. The molecule has 0 heterocycles. The number of carbonyl (C=O) groups excluding carboxylic acids is 1. The fourth-order valence-electron chi connectivity index (χ4n) is 1.31. The van der Waals surface area contributed by atoms with Crippen molar-refractivity contribution in [2.45, 2.75) is 6.18 Å². The quantitative estimate of drug-likeness (QED) is 0.473. The molecule has 0 aliphatic carbocycles. The Labute approximate surface area is 102 Å². The van der Waals surface area contributed by atoms with Crippen LogP contribution in [-0.2, 0) is 6.18 Å². The van der Waals surface area contributed by atoms with Gasteiger partial charge in [-0.15, -0.1) is 0 Å². The third-order valence-corrected chi connectivity index (χ3v) is 2.09. The summed E-state index contributed by atoms with van der Waals surface area (Å²) in [5, 5.41) is 0. The van der Waals surface area contributed by atoms with E-state index < -0.39 is 28.9 Å². The first kappa shape index (κ1) is 14.2. The van der Waals surface area contributed by atoms with Crippen LogP contribution < -0.4 is 0 Å². The molecule has 1 rings (SSSR count). The summed E-state index contributed by atoms with van der Waals surface area (Å²) in [6, 6.07) is 2.43. The highest BCUT2D eigenvalue weighted by atomic mass is 19.4. The van der Waals surface area contributed by atoms with E-state index in [-0.39, 0.29) is 0 Å². The Morgan fingerprint density at radius 1 is 1.28 bits per heavy atom. The van der Waals surface area contributed by atoms with Crippen LogP contribution in [0.4, 0.5) is 17.6 Å². The number of carbonyl (C=O) groups is 1. The number of nitrogens with zero attached hydrogens (tertiary/aromatic N) is 1. The first-order valence-corrected chi connectivity index (χ1v) is 4.98. The molecular formula is C12H11F4NO. The molecule has 0 unspecified atom stereocenters. The van der Waals surface area contributed by atoms with Crippen molar-refractivity contribution in [3.8, 4) is 0 Å². The van der Waals surface area contributed by atoms with Crippen molar-refractivity contribution in [2.24, 2.45) is 0 Å². The van der Waals surface area contributed by atoms with Gasteiger partial charge in [0.05, 0.1) is 11.1 Å². The van der Waals surface area contributed by atoms with E-state index >= 15 is 0 Å². The van der Waals surface area contributed by atoms with Crippen LogP contribution in [0.5, 0.6) is 0 Å². The smallest absolute Gasteiger partial charge is 0.383 e. The lowest BCUT2D eigenvalue weighted by Gasteiger charge is -2.11. The molecule has 0 atom stereocenters. The van der Waals surface area contributed by atoms with E-state index in [9.17, 15) is 22.4 Å². The normalized spacial score (nSPS) is 11.9. The summed E-state index contributed by atoms with van der Waals surface area (Å²) in [6.07, 6.45) is -2.61. The summed E-state index contributed by atoms with van der Waals surface area (Å²) in [6.45, 7) is 0. The SMILES string of the molecule is CN(C)C=CC(=O)c1c(F)cccc1C(F)(F)F. The number of halogens is 4. The largest absolute Gasteiger partial charge is 0.417 e. The Morgan fingerprint density at radius 3 is 2.39 bits per heavy atom. The molecule has 0 saturated heterocycles. The maximum absolute atomic E-state index is 13.4. The number of benzene rings is 1. The van der Waals surface area contributed by atoms with Gasteiger partial charge in [0, 0.05) is 26.4 Å².